The smallest absolute Gasteiger partial charge is 0.320 e. The molecule has 0 bridgehead atoms. The number of urea groups is 1. The van der Waals surface area contributed by atoms with Gasteiger partial charge in [-0.05, 0) is 42.0 Å². The van der Waals surface area contributed by atoms with Gasteiger partial charge in [0, 0.05) is 29.9 Å². The maximum Gasteiger partial charge on any atom is 0.320 e. The Balaban J connectivity index is 1.70. The minimum absolute atomic E-state index is 0.350. The number of benzene rings is 2. The molecule has 0 fully saturated rings. The van der Waals surface area contributed by atoms with Gasteiger partial charge in [0.05, 0.1) is 5.71 Å². The first-order valence-corrected chi connectivity index (χ1v) is 9.73. The molecule has 30 heavy (non-hydrogen) atoms. The van der Waals surface area contributed by atoms with E-state index < -0.39 is 12.1 Å². The maximum absolute atomic E-state index is 13.0. The molecule has 8 heteroatoms. The van der Waals surface area contributed by atoms with Gasteiger partial charge in [-0.25, -0.2) is 4.79 Å². The fraction of sp³-hybridized carbons (Fsp3) is 0.136. The number of hydrazone groups is 1. The molecule has 0 saturated carbocycles. The minimum Gasteiger partial charge on any atom is -0.324 e. The van der Waals surface area contributed by atoms with Gasteiger partial charge in [-0.1, -0.05) is 48.0 Å². The lowest BCUT2D eigenvalue weighted by molar-refractivity contribution is -0.122. The van der Waals surface area contributed by atoms with Crippen molar-refractivity contribution in [3.8, 4) is 0 Å². The standard InChI is InChI=1S/C22H22ClN5O2/c1-24-28-19-13-11-17(12-14-19)25-21(29)20(15-5-3-2-4-6-15)27-22(30)26-18-9-7-16(23)8-10-18/h2-13,20,24H,14H2,1H3,(H,25,29)(H2,26,27,30). The number of rotatable bonds is 6. The second-order valence-corrected chi connectivity index (χ2v) is 6.90. The van der Waals surface area contributed by atoms with Crippen LogP contribution < -0.4 is 21.4 Å². The summed E-state index contributed by atoms with van der Waals surface area (Å²) in [5, 5.41) is 13.0. The fourth-order valence-electron chi connectivity index (χ4n) is 2.85. The van der Waals surface area contributed by atoms with Crippen molar-refractivity contribution in [2.75, 3.05) is 12.4 Å². The van der Waals surface area contributed by atoms with E-state index in [1.807, 2.05) is 30.4 Å². The van der Waals surface area contributed by atoms with Crippen molar-refractivity contribution in [2.24, 2.45) is 5.10 Å². The number of carbonyl (C=O) groups excluding carboxylic acids is 2. The Bertz CT molecular complexity index is 984. The van der Waals surface area contributed by atoms with Crippen LogP contribution in [0.15, 0.2) is 83.6 Å². The van der Waals surface area contributed by atoms with Crippen molar-refractivity contribution in [1.82, 2.24) is 16.1 Å². The third kappa shape index (κ3) is 5.96. The van der Waals surface area contributed by atoms with Crippen LogP contribution in [0.25, 0.3) is 0 Å². The van der Waals surface area contributed by atoms with Gasteiger partial charge in [-0.15, -0.1) is 0 Å². The van der Waals surface area contributed by atoms with Crippen LogP contribution in [0.4, 0.5) is 10.5 Å². The molecule has 7 nitrogen and oxygen atoms in total. The van der Waals surface area contributed by atoms with Crippen molar-refractivity contribution >= 4 is 34.9 Å². The zero-order valence-corrected chi connectivity index (χ0v) is 17.1. The van der Waals surface area contributed by atoms with Crippen molar-refractivity contribution in [3.63, 3.8) is 0 Å². The first-order valence-electron chi connectivity index (χ1n) is 9.35. The van der Waals surface area contributed by atoms with Gasteiger partial charge in [0.15, 0.2) is 0 Å². The SMILES string of the molecule is CNN=C1C=CC(NC(=O)C(NC(=O)Nc2ccc(Cl)cc2)c2ccccc2)=CC1. The number of anilines is 1. The largest absolute Gasteiger partial charge is 0.324 e. The summed E-state index contributed by atoms with van der Waals surface area (Å²) < 4.78 is 0. The Hall–Kier alpha value is -3.58. The van der Waals surface area contributed by atoms with E-state index in [2.05, 4.69) is 26.5 Å². The fourth-order valence-corrected chi connectivity index (χ4v) is 2.97. The average Bonchev–Trinajstić information content (AvgIpc) is 2.76. The first-order chi connectivity index (χ1) is 14.5. The van der Waals surface area contributed by atoms with E-state index in [0.717, 1.165) is 5.71 Å². The number of hydrogen-bond acceptors (Lipinski definition) is 4. The summed E-state index contributed by atoms with van der Waals surface area (Å²) in [4.78, 5) is 25.5. The molecule has 1 aliphatic carbocycles. The van der Waals surface area contributed by atoms with E-state index in [9.17, 15) is 9.59 Å². The summed E-state index contributed by atoms with van der Waals surface area (Å²) in [6.07, 6.45) is 6.05. The number of hydrogen-bond donors (Lipinski definition) is 4. The van der Waals surface area contributed by atoms with E-state index in [-0.39, 0.29) is 5.91 Å². The molecule has 0 saturated heterocycles. The van der Waals surface area contributed by atoms with Gasteiger partial charge in [0.1, 0.15) is 6.04 Å². The number of amides is 3. The molecule has 0 aliphatic heterocycles. The second kappa shape index (κ2) is 10.3. The summed E-state index contributed by atoms with van der Waals surface area (Å²) >= 11 is 5.87. The Morgan fingerprint density at radius 3 is 2.37 bits per heavy atom. The molecule has 0 radical (unpaired) electrons. The predicted octanol–water partition coefficient (Wildman–Crippen LogP) is 3.74. The van der Waals surface area contributed by atoms with Gasteiger partial charge in [-0.3, -0.25) is 4.79 Å². The average molecular weight is 424 g/mol. The Labute approximate surface area is 179 Å². The van der Waals surface area contributed by atoms with E-state index in [4.69, 9.17) is 11.6 Å². The third-order valence-electron chi connectivity index (χ3n) is 4.28. The third-order valence-corrected chi connectivity index (χ3v) is 4.53. The van der Waals surface area contributed by atoms with Crippen LogP contribution >= 0.6 is 11.6 Å². The minimum atomic E-state index is -0.875. The van der Waals surface area contributed by atoms with Gasteiger partial charge in [0.25, 0.3) is 5.91 Å². The van der Waals surface area contributed by atoms with Crippen LogP contribution in [0, 0.1) is 0 Å². The van der Waals surface area contributed by atoms with Crippen LogP contribution in [0.1, 0.15) is 18.0 Å². The van der Waals surface area contributed by atoms with E-state index in [0.29, 0.717) is 28.4 Å². The molecule has 0 heterocycles. The quantitative estimate of drug-likeness (QED) is 0.533. The van der Waals surface area contributed by atoms with Crippen molar-refractivity contribution in [3.05, 3.63) is 89.1 Å². The lowest BCUT2D eigenvalue weighted by atomic mass is 10.1. The Morgan fingerprint density at radius 2 is 1.73 bits per heavy atom. The number of carbonyl (C=O) groups is 2. The lowest BCUT2D eigenvalue weighted by Crippen LogP contribution is -2.41. The van der Waals surface area contributed by atoms with Crippen molar-refractivity contribution in [2.45, 2.75) is 12.5 Å². The number of halogens is 1. The highest BCUT2D eigenvalue weighted by molar-refractivity contribution is 6.30. The van der Waals surface area contributed by atoms with Crippen LogP contribution in [-0.2, 0) is 4.79 Å². The van der Waals surface area contributed by atoms with Gasteiger partial charge < -0.3 is 21.4 Å². The van der Waals surface area contributed by atoms with Gasteiger partial charge in [0.2, 0.25) is 0 Å². The summed E-state index contributed by atoms with van der Waals surface area (Å²) in [6, 6.07) is 14.4. The summed E-state index contributed by atoms with van der Waals surface area (Å²) in [6.45, 7) is 0. The van der Waals surface area contributed by atoms with Gasteiger partial charge >= 0.3 is 6.03 Å². The summed E-state index contributed by atoms with van der Waals surface area (Å²) in [5.41, 5.74) is 5.48. The molecule has 3 amide bonds. The molecule has 1 atom stereocenters. The van der Waals surface area contributed by atoms with Crippen LogP contribution in [0.3, 0.4) is 0 Å². The second-order valence-electron chi connectivity index (χ2n) is 6.46. The molecule has 4 N–H and O–H groups in total. The van der Waals surface area contributed by atoms with Crippen LogP contribution in [-0.4, -0.2) is 24.7 Å². The monoisotopic (exact) mass is 423 g/mol. The molecule has 0 aromatic heterocycles. The van der Waals surface area contributed by atoms with Crippen LogP contribution in [0.5, 0.6) is 0 Å². The lowest BCUT2D eigenvalue weighted by Gasteiger charge is -2.20. The first kappa shape index (κ1) is 21.1. The van der Waals surface area contributed by atoms with Crippen LogP contribution in [0.2, 0.25) is 5.02 Å². The Morgan fingerprint density at radius 1 is 1.00 bits per heavy atom. The Kier molecular flexibility index (Phi) is 7.24. The molecule has 1 aliphatic rings. The molecule has 3 rings (SSSR count). The maximum atomic E-state index is 13.0. The highest BCUT2D eigenvalue weighted by Gasteiger charge is 2.23. The van der Waals surface area contributed by atoms with Gasteiger partial charge in [-0.2, -0.15) is 5.10 Å². The van der Waals surface area contributed by atoms with E-state index >= 15 is 0 Å². The topological polar surface area (TPSA) is 94.6 Å². The summed E-state index contributed by atoms with van der Waals surface area (Å²) in [7, 11) is 1.73. The number of allylic oxidation sites excluding steroid dienone is 3. The zero-order valence-electron chi connectivity index (χ0n) is 16.4. The molecule has 2 aromatic rings. The molecule has 2 aromatic carbocycles. The normalized spacial score (nSPS) is 15.1. The molecule has 0 spiro atoms. The highest BCUT2D eigenvalue weighted by Crippen LogP contribution is 2.17. The molecular weight excluding hydrogens is 402 g/mol. The summed E-state index contributed by atoms with van der Waals surface area (Å²) in [5.74, 6) is -0.350. The van der Waals surface area contributed by atoms with Crippen molar-refractivity contribution in [1.29, 1.82) is 0 Å². The van der Waals surface area contributed by atoms with E-state index in [1.165, 1.54) is 0 Å². The number of nitrogens with zero attached hydrogens (tertiary/aromatic N) is 1. The van der Waals surface area contributed by atoms with Crippen molar-refractivity contribution < 1.29 is 9.59 Å². The molecule has 1 unspecified atom stereocenters. The predicted molar refractivity (Wildman–Crippen MR) is 119 cm³/mol. The number of nitrogens with one attached hydrogen (secondary N) is 4. The zero-order chi connectivity index (χ0) is 21.3. The molecule has 154 valence electrons. The van der Waals surface area contributed by atoms with E-state index in [1.54, 1.807) is 49.5 Å². The molecular formula is C22H22ClN5O2. The highest BCUT2D eigenvalue weighted by atomic mass is 35.5.